The van der Waals surface area contributed by atoms with E-state index in [4.69, 9.17) is 16.4 Å². The fourth-order valence-electron chi connectivity index (χ4n) is 2.90. The van der Waals surface area contributed by atoms with Crippen LogP contribution in [-0.2, 0) is 4.84 Å². The van der Waals surface area contributed by atoms with Crippen LogP contribution >= 0.6 is 22.9 Å². The number of carbonyl (C=O) groups excluding carboxylic acids is 1. The molecule has 2 aromatic rings. The van der Waals surface area contributed by atoms with Crippen LogP contribution in [0.3, 0.4) is 0 Å². The van der Waals surface area contributed by atoms with E-state index in [0.29, 0.717) is 20.7 Å². The lowest BCUT2D eigenvalue weighted by atomic mass is 9.79. The first-order chi connectivity index (χ1) is 10.6. The summed E-state index contributed by atoms with van der Waals surface area (Å²) in [7, 11) is 1.54. The van der Waals surface area contributed by atoms with Gasteiger partial charge in [-0.1, -0.05) is 41.9 Å². The molecular weight excluding hydrogens is 318 g/mol. The summed E-state index contributed by atoms with van der Waals surface area (Å²) in [6.07, 6.45) is 1.83. The molecule has 1 aromatic carbocycles. The van der Waals surface area contributed by atoms with Crippen LogP contribution in [0.1, 0.15) is 52.0 Å². The Morgan fingerprint density at radius 3 is 2.86 bits per heavy atom. The van der Waals surface area contributed by atoms with Gasteiger partial charge in [-0.25, -0.2) is 0 Å². The van der Waals surface area contributed by atoms with Gasteiger partial charge >= 0.3 is 0 Å². The van der Waals surface area contributed by atoms with E-state index >= 15 is 0 Å². The quantitative estimate of drug-likeness (QED) is 0.593. The summed E-state index contributed by atoms with van der Waals surface area (Å²) >= 11 is 7.26. The molecule has 0 saturated carbocycles. The molecule has 0 amide bonds. The number of thiophene rings is 1. The van der Waals surface area contributed by atoms with Crippen molar-refractivity contribution in [2.75, 3.05) is 7.11 Å². The van der Waals surface area contributed by atoms with Crippen molar-refractivity contribution in [3.8, 4) is 0 Å². The zero-order chi connectivity index (χ0) is 15.7. The summed E-state index contributed by atoms with van der Waals surface area (Å²) in [6.45, 7) is 2.18. The van der Waals surface area contributed by atoms with E-state index in [1.54, 1.807) is 12.1 Å². The second-order valence-corrected chi connectivity index (χ2v) is 7.08. The van der Waals surface area contributed by atoms with Gasteiger partial charge in [-0.05, 0) is 36.5 Å². The summed E-state index contributed by atoms with van der Waals surface area (Å²) in [5.41, 5.74) is 3.62. The van der Waals surface area contributed by atoms with Gasteiger partial charge in [-0.3, -0.25) is 4.79 Å². The molecule has 1 aromatic heterocycles. The predicted octanol–water partition coefficient (Wildman–Crippen LogP) is 4.88. The van der Waals surface area contributed by atoms with E-state index in [1.165, 1.54) is 18.4 Å². The third-order valence-corrected chi connectivity index (χ3v) is 5.20. The molecule has 1 aliphatic carbocycles. The highest BCUT2D eigenvalue weighted by Gasteiger charge is 2.27. The summed E-state index contributed by atoms with van der Waals surface area (Å²) in [4.78, 5) is 18.5. The summed E-state index contributed by atoms with van der Waals surface area (Å²) < 4.78 is 0.618. The third-order valence-electron chi connectivity index (χ3n) is 3.97. The number of halogens is 1. The second kappa shape index (κ2) is 6.23. The normalized spacial score (nSPS) is 19.0. The Kier molecular flexibility index (Phi) is 4.32. The van der Waals surface area contributed by atoms with Crippen molar-refractivity contribution in [1.29, 1.82) is 0 Å². The lowest BCUT2D eigenvalue weighted by molar-refractivity contribution is 0.104. The van der Waals surface area contributed by atoms with Crippen molar-refractivity contribution in [2.45, 2.75) is 25.7 Å². The predicted molar refractivity (Wildman–Crippen MR) is 90.4 cm³/mol. The van der Waals surface area contributed by atoms with Crippen molar-refractivity contribution in [2.24, 2.45) is 5.16 Å². The zero-order valence-corrected chi connectivity index (χ0v) is 14.0. The molecule has 0 aliphatic heterocycles. The number of rotatable bonds is 3. The molecule has 22 heavy (non-hydrogen) atoms. The number of fused-ring (bicyclic) bond motifs is 1. The minimum absolute atomic E-state index is 0.00773. The number of carbonyl (C=O) groups is 1. The van der Waals surface area contributed by atoms with Gasteiger partial charge in [0.15, 0.2) is 0 Å². The molecule has 5 heteroatoms. The Labute approximate surface area is 138 Å². The second-order valence-electron chi connectivity index (χ2n) is 5.36. The van der Waals surface area contributed by atoms with E-state index < -0.39 is 0 Å². The van der Waals surface area contributed by atoms with Crippen LogP contribution < -0.4 is 0 Å². The molecule has 0 N–H and O–H groups in total. The number of oxime groups is 1. The van der Waals surface area contributed by atoms with Crippen LogP contribution in [0.25, 0.3) is 0 Å². The first kappa shape index (κ1) is 15.3. The Hall–Kier alpha value is -1.65. The standard InChI is InChI=1S/C17H16ClNO2S/c1-10-6-7-13(19-21-2)16-11(10)4-3-5-12(16)17(20)14-8-9-15(18)22-14/h3-5,8-10H,6-7H2,1-2H3/b19-13+. The van der Waals surface area contributed by atoms with E-state index in [9.17, 15) is 4.79 Å². The molecule has 3 nitrogen and oxygen atoms in total. The van der Waals surface area contributed by atoms with Gasteiger partial charge in [-0.2, -0.15) is 0 Å². The largest absolute Gasteiger partial charge is 0.399 e. The molecule has 1 atom stereocenters. The molecule has 1 unspecified atom stereocenters. The lowest BCUT2D eigenvalue weighted by Crippen LogP contribution is -2.19. The molecule has 0 radical (unpaired) electrons. The van der Waals surface area contributed by atoms with Crippen LogP contribution in [0.5, 0.6) is 0 Å². The van der Waals surface area contributed by atoms with Gasteiger partial charge in [0.2, 0.25) is 5.78 Å². The van der Waals surface area contributed by atoms with Gasteiger partial charge in [0, 0.05) is 11.1 Å². The molecule has 0 spiro atoms. The van der Waals surface area contributed by atoms with Crippen LogP contribution in [-0.4, -0.2) is 18.6 Å². The van der Waals surface area contributed by atoms with Crippen LogP contribution in [0, 0.1) is 0 Å². The minimum Gasteiger partial charge on any atom is -0.399 e. The molecule has 0 bridgehead atoms. The molecule has 3 rings (SSSR count). The van der Waals surface area contributed by atoms with Gasteiger partial charge in [0.05, 0.1) is 14.9 Å². The first-order valence-electron chi connectivity index (χ1n) is 7.15. The van der Waals surface area contributed by atoms with Gasteiger partial charge in [0.1, 0.15) is 7.11 Å². The number of hydrogen-bond donors (Lipinski definition) is 0. The number of benzene rings is 1. The molecular formula is C17H16ClNO2S. The highest BCUT2D eigenvalue weighted by molar-refractivity contribution is 7.18. The topological polar surface area (TPSA) is 38.7 Å². The van der Waals surface area contributed by atoms with Crippen LogP contribution in [0.4, 0.5) is 0 Å². The number of ketones is 1. The number of nitrogens with zero attached hydrogens (tertiary/aromatic N) is 1. The minimum atomic E-state index is -0.00773. The summed E-state index contributed by atoms with van der Waals surface area (Å²) in [5.74, 6) is 0.400. The molecule has 1 aliphatic rings. The zero-order valence-electron chi connectivity index (χ0n) is 12.4. The van der Waals surface area contributed by atoms with Crippen molar-refractivity contribution in [1.82, 2.24) is 0 Å². The van der Waals surface area contributed by atoms with Crippen molar-refractivity contribution in [3.63, 3.8) is 0 Å². The first-order valence-corrected chi connectivity index (χ1v) is 8.34. The van der Waals surface area contributed by atoms with Gasteiger partial charge in [-0.15, -0.1) is 11.3 Å². The Morgan fingerprint density at radius 1 is 1.36 bits per heavy atom. The third kappa shape index (κ3) is 2.69. The van der Waals surface area contributed by atoms with Crippen LogP contribution in [0.2, 0.25) is 4.34 Å². The fourth-order valence-corrected chi connectivity index (χ4v) is 3.89. The molecule has 114 valence electrons. The average molecular weight is 334 g/mol. The molecule has 0 fully saturated rings. The highest BCUT2D eigenvalue weighted by atomic mass is 35.5. The van der Waals surface area contributed by atoms with E-state index in [0.717, 1.165) is 29.7 Å². The van der Waals surface area contributed by atoms with E-state index in [1.807, 2.05) is 12.1 Å². The van der Waals surface area contributed by atoms with Crippen molar-refractivity contribution in [3.05, 3.63) is 56.2 Å². The highest BCUT2D eigenvalue weighted by Crippen LogP contribution is 2.35. The maximum absolute atomic E-state index is 12.8. The maximum Gasteiger partial charge on any atom is 0.203 e. The van der Waals surface area contributed by atoms with Gasteiger partial charge < -0.3 is 4.84 Å². The summed E-state index contributed by atoms with van der Waals surface area (Å²) in [6, 6.07) is 9.39. The fraction of sp³-hybridized carbons (Fsp3) is 0.294. The lowest BCUT2D eigenvalue weighted by Gasteiger charge is -2.25. The van der Waals surface area contributed by atoms with E-state index in [-0.39, 0.29) is 5.78 Å². The average Bonchev–Trinajstić information content (AvgIpc) is 2.96. The molecule has 1 heterocycles. The molecule has 0 saturated heterocycles. The van der Waals surface area contributed by atoms with Crippen molar-refractivity contribution < 1.29 is 9.63 Å². The van der Waals surface area contributed by atoms with Crippen molar-refractivity contribution >= 4 is 34.4 Å². The van der Waals surface area contributed by atoms with Gasteiger partial charge in [0.25, 0.3) is 0 Å². The SMILES string of the molecule is CO/N=C1\CCC(C)c2cccc(C(=O)c3ccc(Cl)s3)c21. The smallest absolute Gasteiger partial charge is 0.203 e. The Morgan fingerprint density at radius 2 is 2.18 bits per heavy atom. The van der Waals surface area contributed by atoms with E-state index in [2.05, 4.69) is 18.1 Å². The maximum atomic E-state index is 12.8. The Bertz CT molecular complexity index is 751. The monoisotopic (exact) mass is 333 g/mol. The Balaban J connectivity index is 2.15. The van der Waals surface area contributed by atoms with Crippen LogP contribution in [0.15, 0.2) is 35.5 Å². The number of hydrogen-bond acceptors (Lipinski definition) is 4. The summed E-state index contributed by atoms with van der Waals surface area (Å²) in [5, 5.41) is 4.14.